The maximum Gasteiger partial charge on any atom is 0.263 e. The largest absolute Gasteiger partial charge is 0.374 e. The van der Waals surface area contributed by atoms with Crippen LogP contribution in [0.3, 0.4) is 0 Å². The molecule has 1 N–H and O–H groups in total. The lowest BCUT2D eigenvalue weighted by Crippen LogP contribution is -2.24. The molecule has 0 spiro atoms. The lowest BCUT2D eigenvalue weighted by atomic mass is 10.4. The first-order chi connectivity index (χ1) is 8.59. The Morgan fingerprint density at radius 3 is 3.06 bits per heavy atom. The van der Waals surface area contributed by atoms with Crippen LogP contribution in [-0.2, 0) is 11.3 Å². The van der Waals surface area contributed by atoms with Crippen LogP contribution in [0, 0.1) is 4.77 Å². The Labute approximate surface area is 110 Å². The van der Waals surface area contributed by atoms with Gasteiger partial charge in [0.1, 0.15) is 11.4 Å². The van der Waals surface area contributed by atoms with Gasteiger partial charge in [-0.3, -0.25) is 9.36 Å². The summed E-state index contributed by atoms with van der Waals surface area (Å²) in [6.45, 7) is -0.448. The molecule has 18 heavy (non-hydrogen) atoms. The highest BCUT2D eigenvalue weighted by Gasteiger charge is 2.07. The number of hydrogen-bond acceptors (Lipinski definition) is 4. The van der Waals surface area contributed by atoms with E-state index in [1.54, 1.807) is 11.4 Å². The van der Waals surface area contributed by atoms with Gasteiger partial charge in [0.25, 0.3) is 12.0 Å². The summed E-state index contributed by atoms with van der Waals surface area (Å²) >= 11 is 6.44. The molecule has 0 aliphatic heterocycles. The second-order valence-electron chi connectivity index (χ2n) is 3.52. The van der Waals surface area contributed by atoms with Crippen LogP contribution in [0.2, 0.25) is 0 Å². The molecule has 0 aromatic carbocycles. The molecule has 2 heterocycles. The van der Waals surface area contributed by atoms with Crippen molar-refractivity contribution < 1.29 is 13.5 Å². The minimum Gasteiger partial charge on any atom is -0.374 e. The van der Waals surface area contributed by atoms with E-state index in [0.717, 1.165) is 4.83 Å². The van der Waals surface area contributed by atoms with Gasteiger partial charge >= 0.3 is 0 Å². The van der Waals surface area contributed by atoms with Crippen molar-refractivity contribution in [3.05, 3.63) is 26.6 Å². The van der Waals surface area contributed by atoms with Crippen LogP contribution < -0.4 is 5.56 Å². The SMILES string of the molecule is O=c1c2ccsc2[nH]c(=S)n1CCOCC(F)F. The van der Waals surface area contributed by atoms with Gasteiger partial charge in [0, 0.05) is 0 Å². The van der Waals surface area contributed by atoms with Gasteiger partial charge in [0.15, 0.2) is 4.77 Å². The Kier molecular flexibility index (Phi) is 4.20. The van der Waals surface area contributed by atoms with Gasteiger partial charge in [-0.05, 0) is 23.7 Å². The van der Waals surface area contributed by atoms with Crippen molar-refractivity contribution in [3.63, 3.8) is 0 Å². The highest BCUT2D eigenvalue weighted by atomic mass is 32.1. The maximum absolute atomic E-state index is 12.0. The monoisotopic (exact) mass is 292 g/mol. The van der Waals surface area contributed by atoms with Crippen LogP contribution in [0.5, 0.6) is 0 Å². The van der Waals surface area contributed by atoms with Crippen molar-refractivity contribution >= 4 is 33.8 Å². The third-order valence-electron chi connectivity index (χ3n) is 2.31. The molecule has 0 aliphatic rings. The van der Waals surface area contributed by atoms with E-state index in [-0.39, 0.29) is 23.5 Å². The summed E-state index contributed by atoms with van der Waals surface area (Å²) in [7, 11) is 0. The molecule has 4 nitrogen and oxygen atoms in total. The summed E-state index contributed by atoms with van der Waals surface area (Å²) < 4.78 is 30.1. The third-order valence-corrected chi connectivity index (χ3v) is 3.46. The number of aromatic nitrogens is 2. The van der Waals surface area contributed by atoms with Crippen molar-refractivity contribution in [1.29, 1.82) is 0 Å². The minimum atomic E-state index is -2.50. The number of alkyl halides is 2. The topological polar surface area (TPSA) is 47.0 Å². The van der Waals surface area contributed by atoms with Gasteiger partial charge in [-0.2, -0.15) is 0 Å². The quantitative estimate of drug-likeness (QED) is 0.680. The number of ether oxygens (including phenoxy) is 1. The molecule has 0 aliphatic carbocycles. The average molecular weight is 292 g/mol. The normalized spacial score (nSPS) is 11.5. The Balaban J connectivity index is 2.17. The van der Waals surface area contributed by atoms with E-state index < -0.39 is 13.0 Å². The molecule has 8 heteroatoms. The predicted molar refractivity (Wildman–Crippen MR) is 68.1 cm³/mol. The maximum atomic E-state index is 12.0. The van der Waals surface area contributed by atoms with Crippen LogP contribution in [0.4, 0.5) is 8.78 Å². The number of rotatable bonds is 5. The van der Waals surface area contributed by atoms with Crippen LogP contribution in [0.15, 0.2) is 16.2 Å². The first-order valence-corrected chi connectivity index (χ1v) is 6.44. The van der Waals surface area contributed by atoms with E-state index in [0.29, 0.717) is 5.39 Å². The van der Waals surface area contributed by atoms with Crippen molar-refractivity contribution in [2.45, 2.75) is 13.0 Å². The van der Waals surface area contributed by atoms with Gasteiger partial charge in [-0.25, -0.2) is 8.78 Å². The first-order valence-electron chi connectivity index (χ1n) is 5.16. The molecular weight excluding hydrogens is 282 g/mol. The fourth-order valence-corrected chi connectivity index (χ4v) is 2.63. The lowest BCUT2D eigenvalue weighted by Gasteiger charge is -2.07. The lowest BCUT2D eigenvalue weighted by molar-refractivity contribution is 0.0144. The minimum absolute atomic E-state index is 0.0252. The summed E-state index contributed by atoms with van der Waals surface area (Å²) in [5, 5.41) is 2.33. The molecule has 2 aromatic heterocycles. The molecule has 0 unspecified atom stereocenters. The fraction of sp³-hybridized carbons (Fsp3) is 0.400. The Bertz CT molecular complexity index is 647. The standard InChI is InChI=1S/C10H10F2N2O2S2/c11-7(12)5-16-3-2-14-9(15)6-1-4-18-8(6)13-10(14)17/h1,4,7H,2-3,5H2,(H,13,17). The average Bonchev–Trinajstić information content (AvgIpc) is 2.75. The van der Waals surface area contributed by atoms with Gasteiger partial charge < -0.3 is 9.72 Å². The molecule has 0 radical (unpaired) electrons. The van der Waals surface area contributed by atoms with E-state index in [2.05, 4.69) is 4.98 Å². The molecule has 98 valence electrons. The van der Waals surface area contributed by atoms with E-state index in [9.17, 15) is 13.6 Å². The number of thiophene rings is 1. The number of nitrogens with one attached hydrogen (secondary N) is 1. The summed E-state index contributed by atoms with van der Waals surface area (Å²) in [6, 6.07) is 1.70. The second-order valence-corrected chi connectivity index (χ2v) is 4.82. The summed E-state index contributed by atoms with van der Waals surface area (Å²) in [5.41, 5.74) is -0.226. The van der Waals surface area contributed by atoms with Gasteiger partial charge in [-0.1, -0.05) is 0 Å². The molecule has 2 rings (SSSR count). The Morgan fingerprint density at radius 2 is 2.33 bits per heavy atom. The van der Waals surface area contributed by atoms with Crippen LogP contribution in [-0.4, -0.2) is 29.2 Å². The Morgan fingerprint density at radius 1 is 1.56 bits per heavy atom. The number of hydrogen-bond donors (Lipinski definition) is 1. The Hall–Kier alpha value is -1.12. The van der Waals surface area contributed by atoms with Crippen molar-refractivity contribution in [1.82, 2.24) is 9.55 Å². The zero-order valence-electron chi connectivity index (χ0n) is 9.19. The summed E-state index contributed by atoms with van der Waals surface area (Å²) in [6.07, 6.45) is -2.50. The molecule has 0 saturated carbocycles. The van der Waals surface area contributed by atoms with Crippen molar-refractivity contribution in [2.24, 2.45) is 0 Å². The zero-order valence-corrected chi connectivity index (χ0v) is 10.8. The highest BCUT2D eigenvalue weighted by molar-refractivity contribution is 7.71. The van der Waals surface area contributed by atoms with Crippen molar-refractivity contribution in [2.75, 3.05) is 13.2 Å². The third kappa shape index (κ3) is 2.82. The molecule has 0 bridgehead atoms. The van der Waals surface area contributed by atoms with E-state index >= 15 is 0 Å². The number of halogens is 2. The second kappa shape index (κ2) is 5.68. The van der Waals surface area contributed by atoms with Crippen LogP contribution >= 0.6 is 23.6 Å². The molecule has 0 fully saturated rings. The molecular formula is C10H10F2N2O2S2. The highest BCUT2D eigenvalue weighted by Crippen LogP contribution is 2.13. The number of aromatic amines is 1. The van der Waals surface area contributed by atoms with Crippen LogP contribution in [0.25, 0.3) is 10.2 Å². The summed E-state index contributed by atoms with van der Waals surface area (Å²) in [4.78, 5) is 15.7. The number of nitrogens with zero attached hydrogens (tertiary/aromatic N) is 1. The van der Waals surface area contributed by atoms with Gasteiger partial charge in [-0.15, -0.1) is 11.3 Å². The summed E-state index contributed by atoms with van der Waals surface area (Å²) in [5.74, 6) is 0. The molecule has 0 amide bonds. The smallest absolute Gasteiger partial charge is 0.263 e. The predicted octanol–water partition coefficient (Wildman–Crippen LogP) is 2.40. The van der Waals surface area contributed by atoms with Gasteiger partial charge in [0.05, 0.1) is 18.5 Å². The van der Waals surface area contributed by atoms with E-state index in [1.165, 1.54) is 15.9 Å². The van der Waals surface area contributed by atoms with E-state index in [1.807, 2.05) is 0 Å². The van der Waals surface area contributed by atoms with Crippen molar-refractivity contribution in [3.8, 4) is 0 Å². The van der Waals surface area contributed by atoms with Gasteiger partial charge in [0.2, 0.25) is 0 Å². The molecule has 0 saturated heterocycles. The zero-order chi connectivity index (χ0) is 13.1. The van der Waals surface area contributed by atoms with Crippen LogP contribution in [0.1, 0.15) is 0 Å². The molecule has 2 aromatic rings. The molecule has 0 atom stereocenters. The van der Waals surface area contributed by atoms with E-state index in [4.69, 9.17) is 17.0 Å². The fourth-order valence-electron chi connectivity index (χ4n) is 1.51. The number of H-pyrrole nitrogens is 1. The first kappa shape index (κ1) is 13.3. The number of fused-ring (bicyclic) bond motifs is 1.